The maximum atomic E-state index is 11.8. The van der Waals surface area contributed by atoms with Gasteiger partial charge in [0, 0.05) is 32.8 Å². The molecular weight excluding hydrogens is 313 g/mol. The van der Waals surface area contributed by atoms with Crippen molar-refractivity contribution in [3.05, 3.63) is 64.1 Å². The summed E-state index contributed by atoms with van der Waals surface area (Å²) in [4.78, 5) is 13.0. The van der Waals surface area contributed by atoms with E-state index in [2.05, 4.69) is 5.32 Å². The van der Waals surface area contributed by atoms with Crippen LogP contribution in [0.5, 0.6) is 0 Å². The highest BCUT2D eigenvalue weighted by atomic mass is 35.5. The Morgan fingerprint density at radius 2 is 1.50 bits per heavy atom. The van der Waals surface area contributed by atoms with E-state index < -0.39 is 0 Å². The van der Waals surface area contributed by atoms with E-state index in [9.17, 15) is 4.79 Å². The Morgan fingerprint density at radius 3 is 2.10 bits per heavy atom. The molecule has 0 heterocycles. The van der Waals surface area contributed by atoms with Crippen molar-refractivity contribution in [3.63, 3.8) is 0 Å². The van der Waals surface area contributed by atoms with Crippen LogP contribution in [0, 0.1) is 0 Å². The highest BCUT2D eigenvalue weighted by molar-refractivity contribution is 7.99. The van der Waals surface area contributed by atoms with Gasteiger partial charge in [-0.25, -0.2) is 0 Å². The first-order valence-corrected chi connectivity index (χ1v) is 7.81. The first-order chi connectivity index (χ1) is 9.65. The van der Waals surface area contributed by atoms with Gasteiger partial charge in [0.15, 0.2) is 0 Å². The molecule has 0 spiro atoms. The summed E-state index contributed by atoms with van der Waals surface area (Å²) < 4.78 is 0. The summed E-state index contributed by atoms with van der Waals surface area (Å²) in [6.07, 6.45) is 0. The Kier molecular flexibility index (Phi) is 5.77. The Morgan fingerprint density at radius 1 is 0.950 bits per heavy atom. The fourth-order valence-electron chi connectivity index (χ4n) is 1.57. The van der Waals surface area contributed by atoms with Gasteiger partial charge in [0.05, 0.1) is 0 Å². The van der Waals surface area contributed by atoms with Gasteiger partial charge in [0.2, 0.25) is 0 Å². The van der Waals surface area contributed by atoms with Crippen LogP contribution in [-0.2, 0) is 0 Å². The molecule has 0 aliphatic carbocycles. The third-order valence-corrected chi connectivity index (χ3v) is 4.09. The smallest absolute Gasteiger partial charge is 0.251 e. The number of carbonyl (C=O) groups is 1. The largest absolute Gasteiger partial charge is 0.351 e. The van der Waals surface area contributed by atoms with Crippen LogP contribution in [0.4, 0.5) is 0 Å². The van der Waals surface area contributed by atoms with Crippen molar-refractivity contribution in [2.45, 2.75) is 4.90 Å². The Bertz CT molecular complexity index is 569. The monoisotopic (exact) mass is 325 g/mol. The molecule has 1 amide bonds. The lowest BCUT2D eigenvalue weighted by atomic mass is 10.2. The lowest BCUT2D eigenvalue weighted by Crippen LogP contribution is -2.25. The SMILES string of the molecule is O=C(NCCSc1ccc(Cl)cc1)c1ccc(Cl)cc1. The summed E-state index contributed by atoms with van der Waals surface area (Å²) in [6, 6.07) is 14.5. The fraction of sp³-hybridized carbons (Fsp3) is 0.133. The molecule has 20 heavy (non-hydrogen) atoms. The molecule has 0 fully saturated rings. The number of nitrogens with one attached hydrogen (secondary N) is 1. The van der Waals surface area contributed by atoms with E-state index in [1.165, 1.54) is 0 Å². The van der Waals surface area contributed by atoms with E-state index in [4.69, 9.17) is 23.2 Å². The Labute approximate surface area is 132 Å². The van der Waals surface area contributed by atoms with Crippen LogP contribution in [0.3, 0.4) is 0 Å². The van der Waals surface area contributed by atoms with Crippen LogP contribution in [-0.4, -0.2) is 18.2 Å². The van der Waals surface area contributed by atoms with E-state index in [-0.39, 0.29) is 5.91 Å². The molecule has 0 aliphatic rings. The van der Waals surface area contributed by atoms with Gasteiger partial charge in [0.1, 0.15) is 0 Å². The molecule has 5 heteroatoms. The van der Waals surface area contributed by atoms with E-state index >= 15 is 0 Å². The normalized spacial score (nSPS) is 10.3. The average molecular weight is 326 g/mol. The Hall–Kier alpha value is -1.16. The summed E-state index contributed by atoms with van der Waals surface area (Å²) in [5.74, 6) is 0.722. The topological polar surface area (TPSA) is 29.1 Å². The number of hydrogen-bond donors (Lipinski definition) is 1. The second-order valence-corrected chi connectivity index (χ2v) is 6.11. The number of halogens is 2. The second kappa shape index (κ2) is 7.58. The molecule has 0 saturated carbocycles. The van der Waals surface area contributed by atoms with Gasteiger partial charge >= 0.3 is 0 Å². The van der Waals surface area contributed by atoms with Gasteiger partial charge in [-0.3, -0.25) is 4.79 Å². The second-order valence-electron chi connectivity index (χ2n) is 4.07. The lowest BCUT2D eigenvalue weighted by Gasteiger charge is -2.05. The molecule has 2 aromatic carbocycles. The minimum atomic E-state index is -0.0848. The molecule has 2 nitrogen and oxygen atoms in total. The van der Waals surface area contributed by atoms with Crippen molar-refractivity contribution in [2.75, 3.05) is 12.3 Å². The van der Waals surface area contributed by atoms with Crippen LogP contribution in [0.25, 0.3) is 0 Å². The van der Waals surface area contributed by atoms with Crippen molar-refractivity contribution in [3.8, 4) is 0 Å². The van der Waals surface area contributed by atoms with Gasteiger partial charge in [-0.15, -0.1) is 11.8 Å². The maximum Gasteiger partial charge on any atom is 0.251 e. The number of amides is 1. The van der Waals surface area contributed by atoms with Gasteiger partial charge in [0.25, 0.3) is 5.91 Å². The van der Waals surface area contributed by atoms with Crippen molar-refractivity contribution < 1.29 is 4.79 Å². The molecule has 0 aliphatic heterocycles. The van der Waals surface area contributed by atoms with Gasteiger partial charge < -0.3 is 5.32 Å². The van der Waals surface area contributed by atoms with Crippen molar-refractivity contribution >= 4 is 40.9 Å². The quantitative estimate of drug-likeness (QED) is 0.647. The molecule has 0 atom stereocenters. The molecule has 0 aromatic heterocycles. The van der Waals surface area contributed by atoms with Crippen LogP contribution in [0.1, 0.15) is 10.4 Å². The van der Waals surface area contributed by atoms with E-state index in [0.717, 1.165) is 15.7 Å². The summed E-state index contributed by atoms with van der Waals surface area (Å²) in [5, 5.41) is 4.22. The zero-order valence-corrected chi connectivity index (χ0v) is 12.9. The molecule has 1 N–H and O–H groups in total. The van der Waals surface area contributed by atoms with Gasteiger partial charge in [-0.1, -0.05) is 23.2 Å². The summed E-state index contributed by atoms with van der Waals surface area (Å²) in [5.41, 5.74) is 0.617. The van der Waals surface area contributed by atoms with Crippen molar-refractivity contribution in [2.24, 2.45) is 0 Å². The first-order valence-electron chi connectivity index (χ1n) is 6.07. The molecule has 104 valence electrons. The molecule has 0 saturated heterocycles. The maximum absolute atomic E-state index is 11.8. The standard InChI is InChI=1S/C15H13Cl2NOS/c16-12-3-1-11(2-4-12)15(19)18-9-10-20-14-7-5-13(17)6-8-14/h1-8H,9-10H2,(H,18,19). The third-order valence-electron chi connectivity index (χ3n) is 2.58. The lowest BCUT2D eigenvalue weighted by molar-refractivity contribution is 0.0956. The highest BCUT2D eigenvalue weighted by Gasteiger charge is 2.04. The predicted octanol–water partition coefficient (Wildman–Crippen LogP) is 4.52. The zero-order chi connectivity index (χ0) is 14.4. The highest BCUT2D eigenvalue weighted by Crippen LogP contribution is 2.19. The molecule has 2 aromatic rings. The average Bonchev–Trinajstić information content (AvgIpc) is 2.46. The van der Waals surface area contributed by atoms with Crippen molar-refractivity contribution in [1.29, 1.82) is 0 Å². The number of carbonyl (C=O) groups excluding carboxylic acids is 1. The van der Waals surface area contributed by atoms with E-state index in [0.29, 0.717) is 17.1 Å². The summed E-state index contributed by atoms with van der Waals surface area (Å²) in [6.45, 7) is 0.606. The summed E-state index contributed by atoms with van der Waals surface area (Å²) >= 11 is 13.3. The van der Waals surface area contributed by atoms with Gasteiger partial charge in [-0.2, -0.15) is 0 Å². The number of benzene rings is 2. The number of rotatable bonds is 5. The molecule has 0 radical (unpaired) electrons. The van der Waals surface area contributed by atoms with Crippen molar-refractivity contribution in [1.82, 2.24) is 5.32 Å². The van der Waals surface area contributed by atoms with E-state index in [1.54, 1.807) is 36.0 Å². The van der Waals surface area contributed by atoms with E-state index in [1.807, 2.05) is 24.3 Å². The third kappa shape index (κ3) is 4.75. The Balaban J connectivity index is 1.74. The molecular formula is C15H13Cl2NOS. The molecule has 0 bridgehead atoms. The minimum absolute atomic E-state index is 0.0848. The van der Waals surface area contributed by atoms with Crippen LogP contribution in [0.2, 0.25) is 10.0 Å². The minimum Gasteiger partial charge on any atom is -0.351 e. The van der Waals surface area contributed by atoms with Crippen LogP contribution < -0.4 is 5.32 Å². The molecule has 0 unspecified atom stereocenters. The van der Waals surface area contributed by atoms with Crippen LogP contribution >= 0.6 is 35.0 Å². The van der Waals surface area contributed by atoms with Gasteiger partial charge in [-0.05, 0) is 48.5 Å². The fourth-order valence-corrected chi connectivity index (χ4v) is 2.59. The first kappa shape index (κ1) is 15.2. The predicted molar refractivity (Wildman–Crippen MR) is 86.0 cm³/mol. The van der Waals surface area contributed by atoms with Crippen LogP contribution in [0.15, 0.2) is 53.4 Å². The number of thioether (sulfide) groups is 1. The molecule has 2 rings (SSSR count). The number of hydrogen-bond acceptors (Lipinski definition) is 2. The summed E-state index contributed by atoms with van der Waals surface area (Å²) in [7, 11) is 0. The zero-order valence-electron chi connectivity index (χ0n) is 10.6.